The number of rotatable bonds is 5. The number of carboxylic acid groups (broad SMARTS) is 1. The van der Waals surface area contributed by atoms with Crippen molar-refractivity contribution in [2.24, 2.45) is 0 Å². The lowest BCUT2D eigenvalue weighted by atomic mass is 10.1. The summed E-state index contributed by atoms with van der Waals surface area (Å²) < 4.78 is 4.95. The van der Waals surface area contributed by atoms with Crippen molar-refractivity contribution in [1.29, 1.82) is 0 Å². The molecule has 5 heteroatoms. The molecule has 0 bridgehead atoms. The SMILES string of the molecule is COCCNc1ncc(C(=O)O)c2ccccc12. The van der Waals surface area contributed by atoms with Crippen molar-refractivity contribution in [2.45, 2.75) is 0 Å². The van der Waals surface area contributed by atoms with E-state index in [0.717, 1.165) is 5.39 Å². The van der Waals surface area contributed by atoms with Gasteiger partial charge in [0.1, 0.15) is 5.82 Å². The number of benzene rings is 1. The molecule has 2 rings (SSSR count). The summed E-state index contributed by atoms with van der Waals surface area (Å²) in [6, 6.07) is 7.30. The molecule has 1 aromatic carbocycles. The van der Waals surface area contributed by atoms with Gasteiger partial charge in [0.15, 0.2) is 0 Å². The minimum absolute atomic E-state index is 0.211. The molecule has 2 aromatic rings. The maximum absolute atomic E-state index is 11.1. The minimum atomic E-state index is -0.970. The minimum Gasteiger partial charge on any atom is -0.478 e. The van der Waals surface area contributed by atoms with Crippen LogP contribution in [0.5, 0.6) is 0 Å². The zero-order valence-corrected chi connectivity index (χ0v) is 10.0. The summed E-state index contributed by atoms with van der Waals surface area (Å²) >= 11 is 0. The van der Waals surface area contributed by atoms with Crippen LogP contribution in [0.25, 0.3) is 10.8 Å². The van der Waals surface area contributed by atoms with E-state index in [1.165, 1.54) is 6.20 Å². The Hall–Kier alpha value is -2.14. The number of fused-ring (bicyclic) bond motifs is 1. The lowest BCUT2D eigenvalue weighted by Gasteiger charge is -2.09. The molecule has 0 fully saturated rings. The Morgan fingerprint density at radius 3 is 2.78 bits per heavy atom. The number of carbonyl (C=O) groups is 1. The first-order valence-corrected chi connectivity index (χ1v) is 5.58. The third-order valence-corrected chi connectivity index (χ3v) is 2.62. The van der Waals surface area contributed by atoms with Gasteiger partial charge in [0.05, 0.1) is 12.2 Å². The van der Waals surface area contributed by atoms with Crippen molar-refractivity contribution in [3.63, 3.8) is 0 Å². The van der Waals surface area contributed by atoms with Crippen LogP contribution in [0, 0.1) is 0 Å². The fourth-order valence-electron chi connectivity index (χ4n) is 1.78. The van der Waals surface area contributed by atoms with Crippen LogP contribution in [0.1, 0.15) is 10.4 Å². The average molecular weight is 246 g/mol. The van der Waals surface area contributed by atoms with Gasteiger partial charge in [-0.3, -0.25) is 0 Å². The fourth-order valence-corrected chi connectivity index (χ4v) is 1.78. The smallest absolute Gasteiger partial charge is 0.337 e. The summed E-state index contributed by atoms with van der Waals surface area (Å²) in [5.41, 5.74) is 0.211. The van der Waals surface area contributed by atoms with Crippen LogP contribution in [0.15, 0.2) is 30.5 Å². The quantitative estimate of drug-likeness (QED) is 0.789. The molecule has 1 heterocycles. The second-order valence-electron chi connectivity index (χ2n) is 3.79. The lowest BCUT2D eigenvalue weighted by molar-refractivity contribution is 0.0698. The molecule has 1 aromatic heterocycles. The van der Waals surface area contributed by atoms with Gasteiger partial charge in [0.25, 0.3) is 0 Å². The molecule has 0 amide bonds. The Morgan fingerprint density at radius 1 is 1.39 bits per heavy atom. The Balaban J connectivity index is 2.44. The molecule has 0 radical (unpaired) electrons. The van der Waals surface area contributed by atoms with Gasteiger partial charge in [0, 0.05) is 30.6 Å². The van der Waals surface area contributed by atoms with Gasteiger partial charge >= 0.3 is 5.97 Å². The number of hydrogen-bond donors (Lipinski definition) is 2. The number of anilines is 1. The molecule has 0 aliphatic carbocycles. The summed E-state index contributed by atoms with van der Waals surface area (Å²) in [5.74, 6) is -0.296. The Kier molecular flexibility index (Phi) is 3.74. The van der Waals surface area contributed by atoms with Crippen LogP contribution in [-0.4, -0.2) is 36.3 Å². The number of ether oxygens (including phenoxy) is 1. The van der Waals surface area contributed by atoms with Crippen LogP contribution in [0.4, 0.5) is 5.82 Å². The molecule has 0 aliphatic heterocycles. The molecule has 0 saturated heterocycles. The largest absolute Gasteiger partial charge is 0.478 e. The second-order valence-corrected chi connectivity index (χ2v) is 3.79. The van der Waals surface area contributed by atoms with E-state index in [2.05, 4.69) is 10.3 Å². The highest BCUT2D eigenvalue weighted by Crippen LogP contribution is 2.24. The number of carboxylic acids is 1. The molecule has 0 spiro atoms. The van der Waals surface area contributed by atoms with Gasteiger partial charge in [-0.25, -0.2) is 9.78 Å². The predicted molar refractivity (Wildman–Crippen MR) is 69.1 cm³/mol. The molecule has 0 unspecified atom stereocenters. The standard InChI is InChI=1S/C13H14N2O3/c1-18-7-6-14-12-10-5-3-2-4-9(10)11(8-15-12)13(16)17/h2-5,8H,6-7H2,1H3,(H,14,15)(H,16,17). The first kappa shape index (κ1) is 12.3. The van der Waals surface area contributed by atoms with Gasteiger partial charge in [-0.2, -0.15) is 0 Å². The van der Waals surface area contributed by atoms with E-state index in [0.29, 0.717) is 24.4 Å². The summed E-state index contributed by atoms with van der Waals surface area (Å²) in [7, 11) is 1.63. The highest BCUT2D eigenvalue weighted by molar-refractivity contribution is 6.06. The number of methoxy groups -OCH3 is 1. The van der Waals surface area contributed by atoms with E-state index in [1.807, 2.05) is 18.2 Å². The number of aromatic carboxylic acids is 1. The van der Waals surface area contributed by atoms with E-state index in [-0.39, 0.29) is 5.56 Å². The van der Waals surface area contributed by atoms with E-state index >= 15 is 0 Å². The molecule has 0 saturated carbocycles. The van der Waals surface area contributed by atoms with Crippen LogP contribution in [-0.2, 0) is 4.74 Å². The average Bonchev–Trinajstić information content (AvgIpc) is 2.38. The van der Waals surface area contributed by atoms with Crippen molar-refractivity contribution in [3.8, 4) is 0 Å². The summed E-state index contributed by atoms with van der Waals surface area (Å²) in [6.07, 6.45) is 1.37. The zero-order valence-electron chi connectivity index (χ0n) is 10.0. The van der Waals surface area contributed by atoms with E-state index in [4.69, 9.17) is 9.84 Å². The maximum Gasteiger partial charge on any atom is 0.337 e. The van der Waals surface area contributed by atoms with E-state index in [9.17, 15) is 4.79 Å². The molecule has 5 nitrogen and oxygen atoms in total. The second kappa shape index (κ2) is 5.46. The number of nitrogens with zero attached hydrogens (tertiary/aromatic N) is 1. The molecule has 2 N–H and O–H groups in total. The highest BCUT2D eigenvalue weighted by Gasteiger charge is 2.11. The Morgan fingerprint density at radius 2 is 2.11 bits per heavy atom. The number of hydrogen-bond acceptors (Lipinski definition) is 4. The monoisotopic (exact) mass is 246 g/mol. The van der Waals surface area contributed by atoms with Crippen LogP contribution in [0.3, 0.4) is 0 Å². The first-order valence-electron chi connectivity index (χ1n) is 5.58. The van der Waals surface area contributed by atoms with Gasteiger partial charge in [-0.05, 0) is 0 Å². The zero-order chi connectivity index (χ0) is 13.0. The van der Waals surface area contributed by atoms with Crippen molar-refractivity contribution in [2.75, 3.05) is 25.6 Å². The third-order valence-electron chi connectivity index (χ3n) is 2.62. The lowest BCUT2D eigenvalue weighted by Crippen LogP contribution is -2.10. The van der Waals surface area contributed by atoms with Gasteiger partial charge in [-0.1, -0.05) is 24.3 Å². The van der Waals surface area contributed by atoms with Crippen LogP contribution >= 0.6 is 0 Å². The molecule has 0 aliphatic rings. The Bertz CT molecular complexity index is 569. The van der Waals surface area contributed by atoms with E-state index < -0.39 is 5.97 Å². The highest BCUT2D eigenvalue weighted by atomic mass is 16.5. The number of nitrogens with one attached hydrogen (secondary N) is 1. The van der Waals surface area contributed by atoms with Crippen molar-refractivity contribution < 1.29 is 14.6 Å². The summed E-state index contributed by atoms with van der Waals surface area (Å²) in [4.78, 5) is 15.3. The summed E-state index contributed by atoms with van der Waals surface area (Å²) in [6.45, 7) is 1.19. The first-order chi connectivity index (χ1) is 8.74. The van der Waals surface area contributed by atoms with Crippen LogP contribution in [0.2, 0.25) is 0 Å². The van der Waals surface area contributed by atoms with Crippen molar-refractivity contribution >= 4 is 22.6 Å². The van der Waals surface area contributed by atoms with E-state index in [1.54, 1.807) is 13.2 Å². The topological polar surface area (TPSA) is 71.5 Å². The molecule has 94 valence electrons. The molecular formula is C13H14N2O3. The molecule has 0 atom stereocenters. The Labute approximate surface area is 104 Å². The molecule has 18 heavy (non-hydrogen) atoms. The van der Waals surface area contributed by atoms with Gasteiger partial charge in [-0.15, -0.1) is 0 Å². The predicted octanol–water partition coefficient (Wildman–Crippen LogP) is 1.99. The van der Waals surface area contributed by atoms with Crippen LogP contribution < -0.4 is 5.32 Å². The summed E-state index contributed by atoms with van der Waals surface area (Å²) in [5, 5.41) is 13.7. The third kappa shape index (κ3) is 2.41. The normalized spacial score (nSPS) is 10.5. The van der Waals surface area contributed by atoms with Gasteiger partial charge in [0.2, 0.25) is 0 Å². The number of aromatic nitrogens is 1. The maximum atomic E-state index is 11.1. The number of pyridine rings is 1. The van der Waals surface area contributed by atoms with Crippen molar-refractivity contribution in [1.82, 2.24) is 4.98 Å². The fraction of sp³-hybridized carbons (Fsp3) is 0.231. The molecular weight excluding hydrogens is 232 g/mol. The van der Waals surface area contributed by atoms with Gasteiger partial charge < -0.3 is 15.2 Å². The van der Waals surface area contributed by atoms with Crippen molar-refractivity contribution in [3.05, 3.63) is 36.0 Å².